The zero-order valence-corrected chi connectivity index (χ0v) is 3.94. The minimum Gasteiger partial charge on any atom is -0.404 e. The summed E-state index contributed by atoms with van der Waals surface area (Å²) in [4.78, 5) is 0. The van der Waals surface area contributed by atoms with Crippen LogP contribution < -0.4 is 5.73 Å². The molecule has 0 amide bonds. The van der Waals surface area contributed by atoms with Gasteiger partial charge in [-0.1, -0.05) is 12.7 Å². The van der Waals surface area contributed by atoms with E-state index in [0.29, 0.717) is 0 Å². The first-order valence-corrected chi connectivity index (χ1v) is 1.82. The Morgan fingerprint density at radius 3 is 2.33 bits per heavy atom. The molecule has 1 nitrogen and oxygen atoms in total. The largest absolute Gasteiger partial charge is 0.404 e. The summed E-state index contributed by atoms with van der Waals surface area (Å²) in [6.07, 6.45) is 3.23. The van der Waals surface area contributed by atoms with E-state index in [-0.39, 0.29) is 0 Å². The molecule has 2 N–H and O–H groups in total. The Labute approximate surface area is 38.2 Å². The highest BCUT2D eigenvalue weighted by Crippen LogP contribution is 1.84. The van der Waals surface area contributed by atoms with Gasteiger partial charge in [-0.05, 0) is 18.7 Å². The van der Waals surface area contributed by atoms with Crippen molar-refractivity contribution in [3.8, 4) is 0 Å². The summed E-state index contributed by atoms with van der Waals surface area (Å²) in [5, 5.41) is 0. The maximum Gasteiger partial charge on any atom is -0.00328 e. The van der Waals surface area contributed by atoms with Crippen LogP contribution >= 0.6 is 0 Å². The minimum absolute atomic E-state index is 1.01. The first-order valence-electron chi connectivity index (χ1n) is 1.82. The normalized spacial score (nSPS) is 11.2. The predicted molar refractivity (Wildman–Crippen MR) is 28.1 cm³/mol. The van der Waals surface area contributed by atoms with Gasteiger partial charge in [0, 0.05) is 0 Å². The summed E-state index contributed by atoms with van der Waals surface area (Å²) in [5.74, 6) is 0. The van der Waals surface area contributed by atoms with Crippen molar-refractivity contribution in [2.24, 2.45) is 5.73 Å². The van der Waals surface area contributed by atoms with Crippen LogP contribution in [0.4, 0.5) is 0 Å². The molecule has 6 heavy (non-hydrogen) atoms. The molecule has 0 aromatic heterocycles. The molecule has 0 spiro atoms. The van der Waals surface area contributed by atoms with E-state index in [1.807, 2.05) is 6.92 Å². The molecule has 1 heteroatoms. The van der Waals surface area contributed by atoms with Gasteiger partial charge < -0.3 is 5.73 Å². The molecule has 0 bridgehead atoms. The molecule has 0 rings (SSSR count). The first kappa shape index (κ1) is 5.28. The number of nitrogens with two attached hydrogens (primary N) is 1. The van der Waals surface area contributed by atoms with Gasteiger partial charge in [0.25, 0.3) is 0 Å². The van der Waals surface area contributed by atoms with Crippen molar-refractivity contribution in [2.75, 3.05) is 0 Å². The summed E-state index contributed by atoms with van der Waals surface area (Å²) in [7, 11) is 0. The molecular weight excluding hydrogens is 74.1 g/mol. The van der Waals surface area contributed by atoms with Crippen molar-refractivity contribution in [1.82, 2.24) is 0 Å². The van der Waals surface area contributed by atoms with E-state index < -0.39 is 0 Å². The molecule has 0 saturated carbocycles. The molecule has 0 saturated heterocycles. The maximum atomic E-state index is 5.05. The highest BCUT2D eigenvalue weighted by Gasteiger charge is 1.67. The molecule has 0 aliphatic rings. The fraction of sp³-hybridized carbons (Fsp3) is 0.200. The first-order chi connectivity index (χ1) is 2.81. The lowest BCUT2D eigenvalue weighted by molar-refractivity contribution is 1.44. The van der Waals surface area contributed by atoms with Crippen LogP contribution in [-0.2, 0) is 0 Å². The second-order valence-corrected chi connectivity index (χ2v) is 1.11. The van der Waals surface area contributed by atoms with Gasteiger partial charge in [-0.3, -0.25) is 0 Å². The molecule has 0 aromatic rings. The SMILES string of the molecule is C=C/C(C)=C/N. The lowest BCUT2D eigenvalue weighted by Gasteiger charge is -1.78. The summed E-state index contributed by atoms with van der Waals surface area (Å²) >= 11 is 0. The van der Waals surface area contributed by atoms with Crippen LogP contribution in [0.3, 0.4) is 0 Å². The van der Waals surface area contributed by atoms with Crippen molar-refractivity contribution in [3.05, 3.63) is 24.4 Å². The molecule has 0 radical (unpaired) electrons. The van der Waals surface area contributed by atoms with Crippen LogP contribution in [0.25, 0.3) is 0 Å². The fourth-order valence-electron chi connectivity index (χ4n) is 0.0680. The third-order valence-electron chi connectivity index (χ3n) is 0.585. The van der Waals surface area contributed by atoms with Gasteiger partial charge in [-0.2, -0.15) is 0 Å². The van der Waals surface area contributed by atoms with Crippen molar-refractivity contribution in [2.45, 2.75) is 6.92 Å². The third kappa shape index (κ3) is 1.58. The number of hydrogen-bond acceptors (Lipinski definition) is 1. The van der Waals surface area contributed by atoms with E-state index in [1.165, 1.54) is 6.20 Å². The second-order valence-electron chi connectivity index (χ2n) is 1.11. The number of rotatable bonds is 1. The van der Waals surface area contributed by atoms with E-state index in [4.69, 9.17) is 5.73 Å². The molecule has 0 aliphatic carbocycles. The molecular formula is C5H9N. The second kappa shape index (κ2) is 2.51. The summed E-state index contributed by atoms with van der Waals surface area (Å²) in [5.41, 5.74) is 6.06. The van der Waals surface area contributed by atoms with Crippen molar-refractivity contribution in [3.63, 3.8) is 0 Å². The Kier molecular flexibility index (Phi) is 2.21. The summed E-state index contributed by atoms with van der Waals surface area (Å²) < 4.78 is 0. The van der Waals surface area contributed by atoms with E-state index in [1.54, 1.807) is 6.08 Å². The highest BCUT2D eigenvalue weighted by atomic mass is 14.5. The summed E-state index contributed by atoms with van der Waals surface area (Å²) in [6.45, 7) is 5.38. The third-order valence-corrected chi connectivity index (χ3v) is 0.585. The Morgan fingerprint density at radius 1 is 1.83 bits per heavy atom. The van der Waals surface area contributed by atoms with Crippen LogP contribution in [-0.4, -0.2) is 0 Å². The van der Waals surface area contributed by atoms with Gasteiger partial charge in [0.1, 0.15) is 0 Å². The molecule has 0 aromatic carbocycles. The average molecular weight is 83.1 g/mol. The Hall–Kier alpha value is -0.720. The smallest absolute Gasteiger partial charge is 0.00328 e. The zero-order valence-electron chi connectivity index (χ0n) is 3.94. The van der Waals surface area contributed by atoms with E-state index in [0.717, 1.165) is 5.57 Å². The van der Waals surface area contributed by atoms with Crippen LogP contribution in [0.5, 0.6) is 0 Å². The Bertz CT molecular complexity index is 72.0. The Balaban J connectivity index is 3.50. The van der Waals surface area contributed by atoms with Crippen molar-refractivity contribution < 1.29 is 0 Å². The predicted octanol–water partition coefficient (Wildman–Crippen LogP) is 1.03. The van der Waals surface area contributed by atoms with Crippen molar-refractivity contribution in [1.29, 1.82) is 0 Å². The van der Waals surface area contributed by atoms with E-state index >= 15 is 0 Å². The highest BCUT2D eigenvalue weighted by molar-refractivity contribution is 5.10. The monoisotopic (exact) mass is 83.1 g/mol. The molecule has 34 valence electrons. The molecule has 0 heterocycles. The molecule has 0 fully saturated rings. The number of allylic oxidation sites excluding steroid dienone is 2. The quantitative estimate of drug-likeness (QED) is 0.471. The van der Waals surface area contributed by atoms with Crippen LogP contribution in [0.15, 0.2) is 24.4 Å². The number of hydrogen-bond donors (Lipinski definition) is 1. The standard InChI is InChI=1S/C5H9N/c1-3-5(2)4-6/h3-4H,1,6H2,2H3/b5-4+. The lowest BCUT2D eigenvalue weighted by Crippen LogP contribution is -1.78. The van der Waals surface area contributed by atoms with Gasteiger partial charge >= 0.3 is 0 Å². The van der Waals surface area contributed by atoms with Gasteiger partial charge in [0.15, 0.2) is 0 Å². The van der Waals surface area contributed by atoms with Gasteiger partial charge in [0.2, 0.25) is 0 Å². The van der Waals surface area contributed by atoms with Crippen molar-refractivity contribution >= 4 is 0 Å². The zero-order chi connectivity index (χ0) is 4.99. The van der Waals surface area contributed by atoms with Crippen LogP contribution in [0.2, 0.25) is 0 Å². The van der Waals surface area contributed by atoms with Gasteiger partial charge in [0.05, 0.1) is 0 Å². The minimum atomic E-state index is 1.01. The maximum absolute atomic E-state index is 5.05. The Morgan fingerprint density at radius 2 is 2.33 bits per heavy atom. The molecule has 0 unspecified atom stereocenters. The van der Waals surface area contributed by atoms with Gasteiger partial charge in [-0.15, -0.1) is 0 Å². The van der Waals surface area contributed by atoms with Crippen LogP contribution in [0, 0.1) is 0 Å². The summed E-state index contributed by atoms with van der Waals surface area (Å²) in [6, 6.07) is 0. The fourth-order valence-corrected chi connectivity index (χ4v) is 0.0680. The topological polar surface area (TPSA) is 26.0 Å². The molecule has 0 atom stereocenters. The molecule has 0 aliphatic heterocycles. The van der Waals surface area contributed by atoms with Crippen LogP contribution in [0.1, 0.15) is 6.92 Å². The van der Waals surface area contributed by atoms with E-state index in [2.05, 4.69) is 6.58 Å². The van der Waals surface area contributed by atoms with E-state index in [9.17, 15) is 0 Å². The van der Waals surface area contributed by atoms with Gasteiger partial charge in [-0.25, -0.2) is 0 Å². The average Bonchev–Trinajstić information content (AvgIpc) is 1.65. The lowest BCUT2D eigenvalue weighted by atomic mass is 10.3.